The molecule has 90 valence electrons. The van der Waals surface area contributed by atoms with Gasteiger partial charge >= 0.3 is 6.03 Å². The van der Waals surface area contributed by atoms with E-state index in [1.54, 1.807) is 0 Å². The van der Waals surface area contributed by atoms with Crippen LogP contribution in [0.4, 0.5) is 4.79 Å². The van der Waals surface area contributed by atoms with Crippen molar-refractivity contribution < 1.29 is 9.59 Å². The van der Waals surface area contributed by atoms with Gasteiger partial charge in [0.05, 0.1) is 12.6 Å². The summed E-state index contributed by atoms with van der Waals surface area (Å²) in [6, 6.07) is 7.42. The second kappa shape index (κ2) is 4.86. The number of nitrogens with two attached hydrogens (primary N) is 1. The molecule has 5 heteroatoms. The number of fused-ring (bicyclic) bond motifs is 1. The van der Waals surface area contributed by atoms with Crippen molar-refractivity contribution in [1.82, 2.24) is 10.6 Å². The number of hydrogen-bond acceptors (Lipinski definition) is 2. The summed E-state index contributed by atoms with van der Waals surface area (Å²) in [6.45, 7) is -0.0754. The Morgan fingerprint density at radius 3 is 2.88 bits per heavy atom. The van der Waals surface area contributed by atoms with Crippen LogP contribution in [0.1, 0.15) is 23.6 Å². The van der Waals surface area contributed by atoms with Crippen LogP contribution in [0.5, 0.6) is 0 Å². The lowest BCUT2D eigenvalue weighted by Crippen LogP contribution is -2.40. The minimum atomic E-state index is -0.688. The first-order valence-corrected chi connectivity index (χ1v) is 5.57. The summed E-state index contributed by atoms with van der Waals surface area (Å²) in [5, 5.41) is 5.15. The van der Waals surface area contributed by atoms with Crippen molar-refractivity contribution in [3.05, 3.63) is 35.4 Å². The van der Waals surface area contributed by atoms with Gasteiger partial charge in [-0.2, -0.15) is 0 Å². The van der Waals surface area contributed by atoms with Crippen molar-refractivity contribution in [1.29, 1.82) is 0 Å². The normalized spacial score (nSPS) is 17.3. The van der Waals surface area contributed by atoms with Gasteiger partial charge in [0.25, 0.3) is 0 Å². The van der Waals surface area contributed by atoms with E-state index in [1.807, 2.05) is 18.2 Å². The van der Waals surface area contributed by atoms with Crippen LogP contribution in [-0.4, -0.2) is 18.5 Å². The Balaban J connectivity index is 1.93. The topological polar surface area (TPSA) is 84.2 Å². The van der Waals surface area contributed by atoms with E-state index in [0.29, 0.717) is 0 Å². The van der Waals surface area contributed by atoms with Crippen LogP contribution in [0.25, 0.3) is 0 Å². The monoisotopic (exact) mass is 233 g/mol. The van der Waals surface area contributed by atoms with Gasteiger partial charge in [0.1, 0.15) is 0 Å². The second-order valence-corrected chi connectivity index (χ2v) is 4.08. The highest BCUT2D eigenvalue weighted by Crippen LogP contribution is 2.30. The standard InChI is InChI=1S/C12H15N3O2/c13-12(17)14-7-11(16)15-10-6-5-8-3-1-2-4-9(8)10/h1-4,10H,5-7H2,(H,15,16)(H3,13,14,17)/t10-/m0/s1. The Morgan fingerprint density at radius 1 is 1.35 bits per heavy atom. The minimum Gasteiger partial charge on any atom is -0.352 e. The molecule has 0 spiro atoms. The van der Waals surface area contributed by atoms with Gasteiger partial charge in [0, 0.05) is 0 Å². The molecular weight excluding hydrogens is 218 g/mol. The van der Waals surface area contributed by atoms with Gasteiger partial charge in [0.15, 0.2) is 0 Å². The van der Waals surface area contributed by atoms with Gasteiger partial charge in [-0.1, -0.05) is 24.3 Å². The Hall–Kier alpha value is -2.04. The number of aryl methyl sites for hydroxylation is 1. The lowest BCUT2D eigenvalue weighted by Gasteiger charge is -2.14. The maximum atomic E-state index is 11.5. The maximum Gasteiger partial charge on any atom is 0.312 e. The van der Waals surface area contributed by atoms with E-state index in [9.17, 15) is 9.59 Å². The second-order valence-electron chi connectivity index (χ2n) is 4.08. The van der Waals surface area contributed by atoms with E-state index < -0.39 is 6.03 Å². The van der Waals surface area contributed by atoms with E-state index in [4.69, 9.17) is 5.73 Å². The zero-order valence-electron chi connectivity index (χ0n) is 9.40. The van der Waals surface area contributed by atoms with Gasteiger partial charge in [-0.15, -0.1) is 0 Å². The molecule has 17 heavy (non-hydrogen) atoms. The van der Waals surface area contributed by atoms with Crippen LogP contribution in [0, 0.1) is 0 Å². The molecule has 0 aliphatic heterocycles. The molecule has 2 rings (SSSR count). The fourth-order valence-electron chi connectivity index (χ4n) is 2.12. The SMILES string of the molecule is NC(=O)NCC(=O)N[C@H]1CCc2ccccc21. The Kier molecular flexibility index (Phi) is 3.27. The highest BCUT2D eigenvalue weighted by atomic mass is 16.2. The summed E-state index contributed by atoms with van der Waals surface area (Å²) in [4.78, 5) is 22.0. The number of nitrogens with one attached hydrogen (secondary N) is 2. The molecule has 0 saturated heterocycles. The molecule has 0 heterocycles. The Bertz CT molecular complexity index is 445. The molecule has 1 aromatic rings. The number of carbonyl (C=O) groups is 2. The highest BCUT2D eigenvalue weighted by molar-refractivity contribution is 5.83. The molecule has 0 fully saturated rings. The van der Waals surface area contributed by atoms with Gasteiger partial charge in [-0.05, 0) is 24.0 Å². The van der Waals surface area contributed by atoms with E-state index in [1.165, 1.54) is 11.1 Å². The molecule has 5 nitrogen and oxygen atoms in total. The number of amides is 3. The molecule has 0 bridgehead atoms. The van der Waals surface area contributed by atoms with Gasteiger partial charge in [-0.3, -0.25) is 4.79 Å². The van der Waals surface area contributed by atoms with Crippen LogP contribution in [-0.2, 0) is 11.2 Å². The van der Waals surface area contributed by atoms with Gasteiger partial charge in [0.2, 0.25) is 5.91 Å². The summed E-state index contributed by atoms with van der Waals surface area (Å²) >= 11 is 0. The van der Waals surface area contributed by atoms with E-state index in [0.717, 1.165) is 12.8 Å². The van der Waals surface area contributed by atoms with Gasteiger partial charge < -0.3 is 16.4 Å². The van der Waals surface area contributed by atoms with Crippen LogP contribution in [0.15, 0.2) is 24.3 Å². The number of primary amides is 1. The molecule has 1 aromatic carbocycles. The first-order valence-electron chi connectivity index (χ1n) is 5.57. The number of hydrogen-bond donors (Lipinski definition) is 3. The molecule has 0 saturated carbocycles. The summed E-state index contributed by atoms with van der Waals surface area (Å²) in [7, 11) is 0. The quantitative estimate of drug-likeness (QED) is 0.708. The average Bonchev–Trinajstić information content (AvgIpc) is 2.70. The van der Waals surface area contributed by atoms with Crippen LogP contribution < -0.4 is 16.4 Å². The number of rotatable bonds is 3. The van der Waals surface area contributed by atoms with Gasteiger partial charge in [-0.25, -0.2) is 4.79 Å². The van der Waals surface area contributed by atoms with Crippen molar-refractivity contribution in [3.63, 3.8) is 0 Å². The average molecular weight is 233 g/mol. The number of carbonyl (C=O) groups excluding carboxylic acids is 2. The molecule has 0 unspecified atom stereocenters. The molecule has 1 aliphatic rings. The zero-order valence-corrected chi connectivity index (χ0v) is 9.40. The van der Waals surface area contributed by atoms with E-state index >= 15 is 0 Å². The zero-order chi connectivity index (χ0) is 12.3. The van der Waals surface area contributed by atoms with Crippen molar-refractivity contribution in [2.24, 2.45) is 5.73 Å². The first kappa shape index (κ1) is 11.4. The third-order valence-electron chi connectivity index (χ3n) is 2.89. The van der Waals surface area contributed by atoms with Crippen molar-refractivity contribution in [2.45, 2.75) is 18.9 Å². The Labute approximate surface area is 99.4 Å². The fraction of sp³-hybridized carbons (Fsp3) is 0.333. The molecule has 4 N–H and O–H groups in total. The van der Waals surface area contributed by atoms with Crippen LogP contribution >= 0.6 is 0 Å². The molecule has 0 radical (unpaired) electrons. The molecule has 1 aliphatic carbocycles. The lowest BCUT2D eigenvalue weighted by molar-refractivity contribution is -0.120. The number of urea groups is 1. The Morgan fingerprint density at radius 2 is 2.12 bits per heavy atom. The van der Waals surface area contributed by atoms with E-state index in [-0.39, 0.29) is 18.5 Å². The van der Waals surface area contributed by atoms with Crippen LogP contribution in [0.2, 0.25) is 0 Å². The van der Waals surface area contributed by atoms with Crippen molar-refractivity contribution >= 4 is 11.9 Å². The molecule has 0 aromatic heterocycles. The first-order chi connectivity index (χ1) is 8.16. The fourth-order valence-corrected chi connectivity index (χ4v) is 2.12. The predicted molar refractivity (Wildman–Crippen MR) is 63.2 cm³/mol. The molecular formula is C12H15N3O2. The van der Waals surface area contributed by atoms with Crippen molar-refractivity contribution in [2.75, 3.05) is 6.54 Å². The third-order valence-corrected chi connectivity index (χ3v) is 2.89. The predicted octanol–water partition coefficient (Wildman–Crippen LogP) is 0.458. The largest absolute Gasteiger partial charge is 0.352 e. The smallest absolute Gasteiger partial charge is 0.312 e. The summed E-state index contributed by atoms with van der Waals surface area (Å²) in [5.41, 5.74) is 7.34. The molecule has 1 atom stereocenters. The third kappa shape index (κ3) is 2.75. The lowest BCUT2D eigenvalue weighted by atomic mass is 10.1. The molecule has 3 amide bonds. The highest BCUT2D eigenvalue weighted by Gasteiger charge is 2.23. The minimum absolute atomic E-state index is 0.0494. The number of benzene rings is 1. The summed E-state index contributed by atoms with van der Waals surface area (Å²) in [6.07, 6.45) is 1.88. The van der Waals surface area contributed by atoms with Crippen molar-refractivity contribution in [3.8, 4) is 0 Å². The maximum absolute atomic E-state index is 11.5. The summed E-state index contributed by atoms with van der Waals surface area (Å²) in [5.74, 6) is -0.217. The van der Waals surface area contributed by atoms with Crippen LogP contribution in [0.3, 0.4) is 0 Å². The van der Waals surface area contributed by atoms with E-state index in [2.05, 4.69) is 16.7 Å². The summed E-state index contributed by atoms with van der Waals surface area (Å²) < 4.78 is 0.